The summed E-state index contributed by atoms with van der Waals surface area (Å²) in [5.74, 6) is 1.84. The minimum atomic E-state index is 0.778. The molecule has 0 saturated carbocycles. The molecule has 0 bridgehead atoms. The SMILES string of the molecule is CN(C)c1nc(N(C)c2ccccc2)nc2c1CCC2. The summed E-state index contributed by atoms with van der Waals surface area (Å²) in [7, 11) is 6.12. The van der Waals surface area contributed by atoms with Crippen LogP contribution in [-0.4, -0.2) is 31.1 Å². The van der Waals surface area contributed by atoms with Crippen molar-refractivity contribution in [3.63, 3.8) is 0 Å². The molecule has 2 aromatic rings. The van der Waals surface area contributed by atoms with Gasteiger partial charge in [-0.3, -0.25) is 0 Å². The summed E-state index contributed by atoms with van der Waals surface area (Å²) < 4.78 is 0. The van der Waals surface area contributed by atoms with Crippen LogP contribution in [0.5, 0.6) is 0 Å². The van der Waals surface area contributed by atoms with E-state index in [0.29, 0.717) is 0 Å². The first-order chi connectivity index (χ1) is 9.66. The molecule has 1 aromatic heterocycles. The van der Waals surface area contributed by atoms with Crippen LogP contribution >= 0.6 is 0 Å². The van der Waals surface area contributed by atoms with Gasteiger partial charge in [-0.15, -0.1) is 0 Å². The van der Waals surface area contributed by atoms with Crippen molar-refractivity contribution in [3.8, 4) is 0 Å². The monoisotopic (exact) mass is 268 g/mol. The Morgan fingerprint density at radius 3 is 2.40 bits per heavy atom. The molecular formula is C16H20N4. The molecule has 0 radical (unpaired) electrons. The smallest absolute Gasteiger partial charge is 0.231 e. The molecule has 0 spiro atoms. The maximum atomic E-state index is 4.76. The number of hydrogen-bond donors (Lipinski definition) is 0. The summed E-state index contributed by atoms with van der Waals surface area (Å²) in [6.07, 6.45) is 3.34. The minimum Gasteiger partial charge on any atom is -0.362 e. The Bertz CT molecular complexity index is 607. The van der Waals surface area contributed by atoms with Gasteiger partial charge in [0.25, 0.3) is 0 Å². The number of anilines is 3. The predicted molar refractivity (Wildman–Crippen MR) is 82.9 cm³/mol. The van der Waals surface area contributed by atoms with Gasteiger partial charge >= 0.3 is 0 Å². The number of nitrogens with zero attached hydrogens (tertiary/aromatic N) is 4. The van der Waals surface area contributed by atoms with E-state index in [1.54, 1.807) is 0 Å². The lowest BCUT2D eigenvalue weighted by molar-refractivity contribution is 0.897. The third-order valence-electron chi connectivity index (χ3n) is 3.77. The van der Waals surface area contributed by atoms with Crippen LogP contribution < -0.4 is 9.80 Å². The van der Waals surface area contributed by atoms with Crippen molar-refractivity contribution in [2.45, 2.75) is 19.3 Å². The highest BCUT2D eigenvalue weighted by molar-refractivity contribution is 5.60. The zero-order chi connectivity index (χ0) is 14.1. The fourth-order valence-electron chi connectivity index (χ4n) is 2.69. The lowest BCUT2D eigenvalue weighted by Gasteiger charge is -2.22. The Morgan fingerprint density at radius 2 is 1.70 bits per heavy atom. The summed E-state index contributed by atoms with van der Waals surface area (Å²) in [4.78, 5) is 13.7. The van der Waals surface area contributed by atoms with Gasteiger partial charge in [-0.25, -0.2) is 4.98 Å². The molecule has 0 unspecified atom stereocenters. The highest BCUT2D eigenvalue weighted by Crippen LogP contribution is 2.31. The highest BCUT2D eigenvalue weighted by Gasteiger charge is 2.21. The van der Waals surface area contributed by atoms with Crippen LogP contribution in [0.4, 0.5) is 17.5 Å². The average Bonchev–Trinajstić information content (AvgIpc) is 2.94. The van der Waals surface area contributed by atoms with E-state index in [2.05, 4.69) is 17.0 Å². The van der Waals surface area contributed by atoms with E-state index in [-0.39, 0.29) is 0 Å². The maximum Gasteiger partial charge on any atom is 0.231 e. The molecule has 1 aliphatic rings. The van der Waals surface area contributed by atoms with Crippen LogP contribution in [0.1, 0.15) is 17.7 Å². The summed E-state index contributed by atoms with van der Waals surface area (Å²) in [6.45, 7) is 0. The van der Waals surface area contributed by atoms with Crippen molar-refractivity contribution < 1.29 is 0 Å². The zero-order valence-electron chi connectivity index (χ0n) is 12.3. The predicted octanol–water partition coefficient (Wildman–Crippen LogP) is 2.80. The van der Waals surface area contributed by atoms with Gasteiger partial charge in [0.05, 0.1) is 5.69 Å². The second kappa shape index (κ2) is 5.12. The van der Waals surface area contributed by atoms with E-state index < -0.39 is 0 Å². The topological polar surface area (TPSA) is 32.3 Å². The van der Waals surface area contributed by atoms with Gasteiger partial charge in [0.15, 0.2) is 0 Å². The molecule has 104 valence electrons. The molecule has 1 heterocycles. The third kappa shape index (κ3) is 2.22. The van der Waals surface area contributed by atoms with Crippen molar-refractivity contribution in [3.05, 3.63) is 41.6 Å². The minimum absolute atomic E-state index is 0.778. The first kappa shape index (κ1) is 12.9. The van der Waals surface area contributed by atoms with Crippen molar-refractivity contribution in [1.29, 1.82) is 0 Å². The fourth-order valence-corrected chi connectivity index (χ4v) is 2.69. The van der Waals surface area contributed by atoms with Crippen molar-refractivity contribution in [1.82, 2.24) is 9.97 Å². The average molecular weight is 268 g/mol. The number of aryl methyl sites for hydroxylation is 1. The Kier molecular flexibility index (Phi) is 3.30. The summed E-state index contributed by atoms with van der Waals surface area (Å²) in [5, 5.41) is 0. The summed E-state index contributed by atoms with van der Waals surface area (Å²) in [5.41, 5.74) is 3.64. The second-order valence-electron chi connectivity index (χ2n) is 5.42. The van der Waals surface area contributed by atoms with Crippen LogP contribution in [0, 0.1) is 0 Å². The van der Waals surface area contributed by atoms with E-state index in [9.17, 15) is 0 Å². The van der Waals surface area contributed by atoms with E-state index >= 15 is 0 Å². The molecule has 1 aromatic carbocycles. The van der Waals surface area contributed by atoms with Gasteiger partial charge in [0.2, 0.25) is 5.95 Å². The molecule has 0 atom stereocenters. The normalized spacial score (nSPS) is 13.2. The van der Waals surface area contributed by atoms with Gasteiger partial charge in [-0.2, -0.15) is 4.98 Å². The van der Waals surface area contributed by atoms with E-state index in [1.807, 2.05) is 44.2 Å². The number of benzene rings is 1. The van der Waals surface area contributed by atoms with Gasteiger partial charge < -0.3 is 9.80 Å². The molecule has 4 heteroatoms. The standard InChI is InChI=1S/C16H20N4/c1-19(2)15-13-10-7-11-14(13)17-16(18-15)20(3)12-8-5-4-6-9-12/h4-6,8-9H,7,10-11H2,1-3H3. The molecule has 4 nitrogen and oxygen atoms in total. The van der Waals surface area contributed by atoms with Gasteiger partial charge in [0, 0.05) is 32.4 Å². The van der Waals surface area contributed by atoms with E-state index in [4.69, 9.17) is 9.97 Å². The molecule has 0 N–H and O–H groups in total. The number of para-hydroxylation sites is 1. The molecule has 1 aliphatic carbocycles. The Balaban J connectivity index is 2.04. The van der Waals surface area contributed by atoms with Gasteiger partial charge in [-0.05, 0) is 31.4 Å². The number of fused-ring (bicyclic) bond motifs is 1. The molecule has 0 amide bonds. The summed E-state index contributed by atoms with van der Waals surface area (Å²) in [6, 6.07) is 10.2. The van der Waals surface area contributed by atoms with Gasteiger partial charge in [-0.1, -0.05) is 18.2 Å². The number of hydrogen-bond acceptors (Lipinski definition) is 4. The van der Waals surface area contributed by atoms with Crippen LogP contribution in [0.15, 0.2) is 30.3 Å². The lowest BCUT2D eigenvalue weighted by atomic mass is 10.2. The molecule has 3 rings (SSSR count). The zero-order valence-corrected chi connectivity index (χ0v) is 12.3. The second-order valence-corrected chi connectivity index (χ2v) is 5.42. The maximum absolute atomic E-state index is 4.76. The van der Waals surface area contributed by atoms with Crippen LogP contribution in [0.25, 0.3) is 0 Å². The molecule has 20 heavy (non-hydrogen) atoms. The van der Waals surface area contributed by atoms with E-state index in [0.717, 1.165) is 30.3 Å². The Labute approximate surface area is 120 Å². The van der Waals surface area contributed by atoms with Crippen molar-refractivity contribution in [2.75, 3.05) is 30.9 Å². The molecule has 0 saturated heterocycles. The van der Waals surface area contributed by atoms with Gasteiger partial charge in [0.1, 0.15) is 5.82 Å². The van der Waals surface area contributed by atoms with Crippen LogP contribution in [0.2, 0.25) is 0 Å². The first-order valence-electron chi connectivity index (χ1n) is 7.02. The Morgan fingerprint density at radius 1 is 0.950 bits per heavy atom. The first-order valence-corrected chi connectivity index (χ1v) is 7.02. The number of rotatable bonds is 3. The highest BCUT2D eigenvalue weighted by atomic mass is 15.3. The fraction of sp³-hybridized carbons (Fsp3) is 0.375. The third-order valence-corrected chi connectivity index (χ3v) is 3.77. The van der Waals surface area contributed by atoms with Crippen molar-refractivity contribution in [2.24, 2.45) is 0 Å². The summed E-state index contributed by atoms with van der Waals surface area (Å²) >= 11 is 0. The number of aromatic nitrogens is 2. The largest absolute Gasteiger partial charge is 0.362 e. The Hall–Kier alpha value is -2.10. The van der Waals surface area contributed by atoms with E-state index in [1.165, 1.54) is 17.7 Å². The molecule has 0 fully saturated rings. The van der Waals surface area contributed by atoms with Crippen LogP contribution in [-0.2, 0) is 12.8 Å². The molecular weight excluding hydrogens is 248 g/mol. The molecule has 0 aliphatic heterocycles. The van der Waals surface area contributed by atoms with Crippen LogP contribution in [0.3, 0.4) is 0 Å². The quantitative estimate of drug-likeness (QED) is 0.857. The van der Waals surface area contributed by atoms with Crippen molar-refractivity contribution >= 4 is 17.5 Å². The lowest BCUT2D eigenvalue weighted by Crippen LogP contribution is -2.19.